The highest BCUT2D eigenvalue weighted by molar-refractivity contribution is 6.37. The number of nitrogens with zero attached hydrogens (tertiary/aromatic N) is 4. The summed E-state index contributed by atoms with van der Waals surface area (Å²) in [6.07, 6.45) is 7.20. The van der Waals surface area contributed by atoms with E-state index in [0.29, 0.717) is 11.3 Å². The zero-order valence-electron chi connectivity index (χ0n) is 22.6. The van der Waals surface area contributed by atoms with Gasteiger partial charge in [-0.05, 0) is 31.6 Å². The van der Waals surface area contributed by atoms with Gasteiger partial charge in [0.05, 0.1) is 43.7 Å². The summed E-state index contributed by atoms with van der Waals surface area (Å²) in [6, 6.07) is 6.59. The van der Waals surface area contributed by atoms with E-state index in [0.717, 1.165) is 6.21 Å². The molecule has 1 aromatic rings. The number of hydrogen-bond donors (Lipinski definition) is 0. The number of hydrazone groups is 1. The van der Waals surface area contributed by atoms with Gasteiger partial charge in [0.2, 0.25) is 5.71 Å². The van der Waals surface area contributed by atoms with Crippen LogP contribution in [-0.2, 0) is 33.3 Å². The fourth-order valence-electron chi connectivity index (χ4n) is 3.72. The maximum Gasteiger partial charge on any atom is 0.398 e. The van der Waals surface area contributed by atoms with Crippen molar-refractivity contribution >= 4 is 47.2 Å². The Balaban J connectivity index is 1.87. The molecule has 0 bridgehead atoms. The Hall–Kier alpha value is -5.00. The van der Waals surface area contributed by atoms with Crippen molar-refractivity contribution in [3.63, 3.8) is 0 Å². The molecule has 0 amide bonds. The molecule has 2 aliphatic rings. The molecule has 1 atom stereocenters. The van der Waals surface area contributed by atoms with E-state index in [1.165, 1.54) is 31.4 Å². The third kappa shape index (κ3) is 7.10. The molecule has 0 spiro atoms. The molecule has 12 nitrogen and oxygen atoms in total. The van der Waals surface area contributed by atoms with Crippen LogP contribution in [0.2, 0.25) is 0 Å². The lowest BCUT2D eigenvalue weighted by Gasteiger charge is -2.34. The first kappa shape index (κ1) is 29.6. The predicted octanol–water partition coefficient (Wildman–Crippen LogP) is 2.76. The fourth-order valence-corrected chi connectivity index (χ4v) is 3.72. The number of esters is 4. The largest absolute Gasteiger partial charge is 0.465 e. The zero-order valence-corrected chi connectivity index (χ0v) is 22.6. The van der Waals surface area contributed by atoms with Gasteiger partial charge in [-0.2, -0.15) is 5.10 Å². The van der Waals surface area contributed by atoms with Gasteiger partial charge in [-0.1, -0.05) is 18.7 Å². The average Bonchev–Trinajstić information content (AvgIpc) is 3.31. The van der Waals surface area contributed by atoms with E-state index in [4.69, 9.17) is 14.2 Å². The lowest BCUT2D eigenvalue weighted by atomic mass is 9.95. The smallest absolute Gasteiger partial charge is 0.398 e. The van der Waals surface area contributed by atoms with Crippen LogP contribution >= 0.6 is 0 Å². The quantitative estimate of drug-likeness (QED) is 0.107. The summed E-state index contributed by atoms with van der Waals surface area (Å²) in [7, 11) is 2.43. The molecule has 0 radical (unpaired) electrons. The van der Waals surface area contributed by atoms with E-state index < -0.39 is 29.4 Å². The van der Waals surface area contributed by atoms with Crippen molar-refractivity contribution in [1.29, 1.82) is 0 Å². The number of benzene rings is 1. The molecule has 208 valence electrons. The van der Waals surface area contributed by atoms with E-state index in [2.05, 4.69) is 26.6 Å². The summed E-state index contributed by atoms with van der Waals surface area (Å²) in [4.78, 5) is 49.7. The van der Waals surface area contributed by atoms with Crippen LogP contribution in [0.4, 0.5) is 5.69 Å². The molecule has 1 heterocycles. The second kappa shape index (κ2) is 13.2. The highest BCUT2D eigenvalue weighted by Crippen LogP contribution is 2.36. The molecule has 0 fully saturated rings. The van der Waals surface area contributed by atoms with Gasteiger partial charge in [-0.3, -0.25) is 5.01 Å². The van der Waals surface area contributed by atoms with Crippen molar-refractivity contribution in [3.8, 4) is 0 Å². The van der Waals surface area contributed by atoms with E-state index >= 15 is 0 Å². The number of carbonyl (C=O) groups excluding carboxylic acids is 4. The van der Waals surface area contributed by atoms with Crippen LogP contribution in [0.1, 0.15) is 30.6 Å². The van der Waals surface area contributed by atoms with Crippen LogP contribution in [0.3, 0.4) is 0 Å². The summed E-state index contributed by atoms with van der Waals surface area (Å²) in [6.45, 7) is 7.00. The van der Waals surface area contributed by atoms with Gasteiger partial charge in [0.15, 0.2) is 5.57 Å². The van der Waals surface area contributed by atoms with E-state index in [1.54, 1.807) is 50.6 Å². The fraction of sp³-hybridized carbons (Fsp3) is 0.286. The second-order valence-corrected chi connectivity index (χ2v) is 9.04. The molecule has 3 rings (SSSR count). The predicted molar refractivity (Wildman–Crippen MR) is 147 cm³/mol. The standard InChI is InChI=1S/C28H29N4O8/c1-18(2)16-39-26(35)20-11-7-9-13-23(20)32-28(3,14-22(31-32)27(36)38-5)17-40-25(34)19-10-6-8-12-21(19)30-29-15-24(33)37-4/h6-13,15H,1,14,16-17H2,2-5H3/q+1/b29-15+,30-21+. The minimum Gasteiger partial charge on any atom is -0.465 e. The third-order valence-electron chi connectivity index (χ3n) is 5.67. The molecule has 1 unspecified atom stereocenters. The summed E-state index contributed by atoms with van der Waals surface area (Å²) in [5, 5.41) is 13.4. The molecule has 1 aliphatic heterocycles. The molecule has 1 aliphatic carbocycles. The lowest BCUT2D eigenvalue weighted by Crippen LogP contribution is -2.46. The summed E-state index contributed by atoms with van der Waals surface area (Å²) in [5.74, 6) is -2.70. The van der Waals surface area contributed by atoms with Gasteiger partial charge in [-0.15, -0.1) is 10.2 Å². The van der Waals surface area contributed by atoms with Crippen LogP contribution in [0.25, 0.3) is 0 Å². The number of ether oxygens (including phenoxy) is 4. The Kier molecular flexibility index (Phi) is 9.74. The summed E-state index contributed by atoms with van der Waals surface area (Å²) >= 11 is 0. The second-order valence-electron chi connectivity index (χ2n) is 9.04. The number of rotatable bonds is 10. The van der Waals surface area contributed by atoms with Crippen LogP contribution < -0.4 is 5.01 Å². The van der Waals surface area contributed by atoms with Crippen molar-refractivity contribution in [2.24, 2.45) is 15.3 Å². The maximum absolute atomic E-state index is 13.1. The molecular weight excluding hydrogens is 520 g/mol. The van der Waals surface area contributed by atoms with E-state index in [1.807, 2.05) is 0 Å². The highest BCUT2D eigenvalue weighted by Gasteiger charge is 2.45. The number of hydrogen-bond acceptors (Lipinski definition) is 12. The van der Waals surface area contributed by atoms with Crippen LogP contribution in [0.15, 0.2) is 75.5 Å². The van der Waals surface area contributed by atoms with Gasteiger partial charge in [0.1, 0.15) is 30.7 Å². The zero-order chi connectivity index (χ0) is 29.3. The highest BCUT2D eigenvalue weighted by atomic mass is 16.5. The number of allylic oxidation sites excluding steroid dienone is 3. The monoisotopic (exact) mass is 549 g/mol. The van der Waals surface area contributed by atoms with Crippen molar-refractivity contribution in [1.82, 2.24) is 0 Å². The van der Waals surface area contributed by atoms with Crippen LogP contribution in [0, 0.1) is 6.42 Å². The number of anilines is 1. The SMILES string of the molecule is C=C(C)COC(=O)c1ccccc1N1N=C(C(=O)OC)CC1(C)COC(=O)C1=C[CH+]C=C/C1=N\N=C\C(=O)OC. The Morgan fingerprint density at radius 2 is 1.88 bits per heavy atom. The molecule has 0 aromatic heterocycles. The topological polar surface area (TPSA) is 146 Å². The molecule has 0 N–H and O–H groups in total. The average molecular weight is 550 g/mol. The van der Waals surface area contributed by atoms with Crippen LogP contribution in [0.5, 0.6) is 0 Å². The van der Waals surface area contributed by atoms with Crippen molar-refractivity contribution < 1.29 is 38.1 Å². The molecule has 0 saturated heterocycles. The first-order valence-corrected chi connectivity index (χ1v) is 12.0. The maximum atomic E-state index is 13.1. The Morgan fingerprint density at radius 1 is 1.12 bits per heavy atom. The van der Waals surface area contributed by atoms with Crippen molar-refractivity contribution in [2.75, 3.05) is 32.4 Å². The molecule has 40 heavy (non-hydrogen) atoms. The Labute approximate surface area is 231 Å². The van der Waals surface area contributed by atoms with Crippen molar-refractivity contribution in [2.45, 2.75) is 25.8 Å². The first-order valence-electron chi connectivity index (χ1n) is 12.0. The molecule has 12 heteroatoms. The molecule has 0 saturated carbocycles. The Bertz CT molecular complexity index is 1360. The summed E-state index contributed by atoms with van der Waals surface area (Å²) in [5.41, 5.74) is 0.465. The number of methoxy groups -OCH3 is 2. The van der Waals surface area contributed by atoms with Gasteiger partial charge >= 0.3 is 23.9 Å². The van der Waals surface area contributed by atoms with Gasteiger partial charge in [0.25, 0.3) is 0 Å². The van der Waals surface area contributed by atoms with E-state index in [-0.39, 0.29) is 42.2 Å². The molecular formula is C28H29N4O8+. The molecule has 1 aromatic carbocycles. The summed E-state index contributed by atoms with van der Waals surface area (Å²) < 4.78 is 20.3. The van der Waals surface area contributed by atoms with Gasteiger partial charge in [-0.25, -0.2) is 19.2 Å². The van der Waals surface area contributed by atoms with E-state index in [9.17, 15) is 19.2 Å². The van der Waals surface area contributed by atoms with Gasteiger partial charge < -0.3 is 18.9 Å². The number of carbonyl (C=O) groups is 4. The van der Waals surface area contributed by atoms with Crippen molar-refractivity contribution in [3.05, 3.63) is 72.2 Å². The normalized spacial score (nSPS) is 19.0. The minimum atomic E-state index is -1.08. The van der Waals surface area contributed by atoms with Crippen LogP contribution in [-0.4, -0.2) is 74.5 Å². The van der Waals surface area contributed by atoms with Gasteiger partial charge in [0, 0.05) is 12.8 Å². The third-order valence-corrected chi connectivity index (χ3v) is 5.67. The number of para-hydroxylation sites is 1. The first-order chi connectivity index (χ1) is 19.1. The minimum absolute atomic E-state index is 0.0346. The Morgan fingerprint density at radius 3 is 2.58 bits per heavy atom. The lowest BCUT2D eigenvalue weighted by molar-refractivity contribution is -0.140.